The number of aromatic nitrogens is 2. The summed E-state index contributed by atoms with van der Waals surface area (Å²) >= 11 is 0. The molecule has 0 saturated carbocycles. The van der Waals surface area contributed by atoms with Gasteiger partial charge in [-0.25, -0.2) is 22.2 Å². The SMILES string of the molecule is CC(C)S(=O)(=O)n1c(N)nc2ccc(C(=O)OC(C)(C)C)cc21. The Morgan fingerprint density at radius 1 is 1.30 bits per heavy atom. The summed E-state index contributed by atoms with van der Waals surface area (Å²) < 4.78 is 31.2. The molecule has 0 aliphatic heterocycles. The second kappa shape index (κ2) is 5.52. The molecule has 0 spiro atoms. The molecule has 0 atom stereocenters. The molecular weight excluding hydrogens is 318 g/mol. The van der Waals surface area contributed by atoms with Gasteiger partial charge in [-0.05, 0) is 52.8 Å². The molecule has 2 rings (SSSR count). The second-order valence-corrected chi connectivity index (χ2v) is 8.87. The molecule has 0 fully saturated rings. The van der Waals surface area contributed by atoms with Crippen molar-refractivity contribution < 1.29 is 17.9 Å². The smallest absolute Gasteiger partial charge is 0.338 e. The maximum atomic E-state index is 12.5. The molecule has 0 bridgehead atoms. The second-order valence-electron chi connectivity index (χ2n) is 6.53. The van der Waals surface area contributed by atoms with Gasteiger partial charge in [0.15, 0.2) is 0 Å². The Balaban J connectivity index is 2.62. The monoisotopic (exact) mass is 339 g/mol. The average molecular weight is 339 g/mol. The highest BCUT2D eigenvalue weighted by atomic mass is 32.2. The average Bonchev–Trinajstić information content (AvgIpc) is 2.71. The minimum Gasteiger partial charge on any atom is -0.456 e. The number of fused-ring (bicyclic) bond motifs is 1. The molecular formula is C15H21N3O4S. The lowest BCUT2D eigenvalue weighted by Gasteiger charge is -2.19. The topological polar surface area (TPSA) is 104 Å². The number of hydrogen-bond acceptors (Lipinski definition) is 6. The van der Waals surface area contributed by atoms with Crippen molar-refractivity contribution in [1.82, 2.24) is 8.96 Å². The summed E-state index contributed by atoms with van der Waals surface area (Å²) in [5.41, 5.74) is 6.03. The van der Waals surface area contributed by atoms with E-state index in [1.54, 1.807) is 40.7 Å². The van der Waals surface area contributed by atoms with Gasteiger partial charge in [0.25, 0.3) is 0 Å². The zero-order valence-electron chi connectivity index (χ0n) is 13.8. The molecule has 2 aromatic rings. The van der Waals surface area contributed by atoms with Crippen molar-refractivity contribution in [2.24, 2.45) is 0 Å². The van der Waals surface area contributed by atoms with Gasteiger partial charge in [0, 0.05) is 0 Å². The van der Waals surface area contributed by atoms with E-state index in [9.17, 15) is 13.2 Å². The number of ether oxygens (including phenoxy) is 1. The van der Waals surface area contributed by atoms with E-state index in [0.29, 0.717) is 5.52 Å². The van der Waals surface area contributed by atoms with Crippen LogP contribution in [0.15, 0.2) is 18.2 Å². The Morgan fingerprint density at radius 2 is 1.91 bits per heavy atom. The first-order chi connectivity index (χ1) is 10.4. The van der Waals surface area contributed by atoms with Crippen LogP contribution in [-0.4, -0.2) is 34.2 Å². The largest absolute Gasteiger partial charge is 0.456 e. The maximum Gasteiger partial charge on any atom is 0.338 e. The van der Waals surface area contributed by atoms with Crippen LogP contribution < -0.4 is 5.73 Å². The van der Waals surface area contributed by atoms with Crippen LogP contribution in [0.2, 0.25) is 0 Å². The normalized spacial score (nSPS) is 12.8. The van der Waals surface area contributed by atoms with Gasteiger partial charge in [0.2, 0.25) is 16.0 Å². The predicted octanol–water partition coefficient (Wildman–Crippen LogP) is 2.16. The fraction of sp³-hybridized carbons (Fsp3) is 0.467. The first-order valence-electron chi connectivity index (χ1n) is 7.19. The molecule has 23 heavy (non-hydrogen) atoms. The molecule has 1 aromatic carbocycles. The third-order valence-electron chi connectivity index (χ3n) is 3.12. The van der Waals surface area contributed by atoms with Gasteiger partial charge in [0.05, 0.1) is 21.8 Å². The molecule has 126 valence electrons. The minimum atomic E-state index is -3.69. The highest BCUT2D eigenvalue weighted by Crippen LogP contribution is 2.24. The number of nitrogens with zero attached hydrogens (tertiary/aromatic N) is 2. The summed E-state index contributed by atoms with van der Waals surface area (Å²) in [7, 11) is -3.69. The summed E-state index contributed by atoms with van der Waals surface area (Å²) in [6.45, 7) is 8.38. The van der Waals surface area contributed by atoms with Crippen LogP contribution >= 0.6 is 0 Å². The van der Waals surface area contributed by atoms with E-state index in [1.807, 2.05) is 0 Å². The Kier molecular flexibility index (Phi) is 4.14. The minimum absolute atomic E-state index is 0.130. The Bertz CT molecular complexity index is 861. The molecule has 7 nitrogen and oxygen atoms in total. The zero-order chi connectivity index (χ0) is 17.6. The summed E-state index contributed by atoms with van der Waals surface area (Å²) in [6.07, 6.45) is 0. The van der Waals surface area contributed by atoms with Gasteiger partial charge in [-0.1, -0.05) is 0 Å². The molecule has 0 saturated heterocycles. The lowest BCUT2D eigenvalue weighted by atomic mass is 10.1. The number of anilines is 1. The maximum absolute atomic E-state index is 12.5. The van der Waals surface area contributed by atoms with Crippen LogP contribution in [0.4, 0.5) is 5.95 Å². The highest BCUT2D eigenvalue weighted by Gasteiger charge is 2.25. The van der Waals surface area contributed by atoms with Crippen LogP contribution in [0.1, 0.15) is 45.0 Å². The summed E-state index contributed by atoms with van der Waals surface area (Å²) in [5.74, 6) is -0.664. The van der Waals surface area contributed by atoms with Crippen molar-refractivity contribution in [3.63, 3.8) is 0 Å². The fourth-order valence-electron chi connectivity index (χ4n) is 2.02. The van der Waals surface area contributed by atoms with Crippen molar-refractivity contribution in [3.05, 3.63) is 23.8 Å². The first-order valence-corrected chi connectivity index (χ1v) is 8.69. The molecule has 0 radical (unpaired) electrons. The predicted molar refractivity (Wildman–Crippen MR) is 88.8 cm³/mol. The molecule has 0 aliphatic carbocycles. The number of benzene rings is 1. The van der Waals surface area contributed by atoms with Gasteiger partial charge in [-0.2, -0.15) is 0 Å². The number of rotatable bonds is 3. The number of imidazole rings is 1. The Labute approximate surface area is 135 Å². The van der Waals surface area contributed by atoms with E-state index in [0.717, 1.165) is 3.97 Å². The fourth-order valence-corrected chi connectivity index (χ4v) is 3.16. The number of hydrogen-bond donors (Lipinski definition) is 1. The van der Waals surface area contributed by atoms with Crippen LogP contribution in [0.5, 0.6) is 0 Å². The molecule has 8 heteroatoms. The lowest BCUT2D eigenvalue weighted by Crippen LogP contribution is -2.25. The molecule has 0 aliphatic rings. The lowest BCUT2D eigenvalue weighted by molar-refractivity contribution is 0.00696. The van der Waals surface area contributed by atoms with Crippen molar-refractivity contribution in [3.8, 4) is 0 Å². The summed E-state index contributed by atoms with van der Waals surface area (Å²) in [4.78, 5) is 16.2. The number of nitrogens with two attached hydrogens (primary N) is 1. The quantitative estimate of drug-likeness (QED) is 0.859. The van der Waals surface area contributed by atoms with Gasteiger partial charge in [0.1, 0.15) is 5.60 Å². The number of esters is 1. The van der Waals surface area contributed by atoms with Gasteiger partial charge in [-0.3, -0.25) is 0 Å². The molecule has 0 amide bonds. The number of nitrogen functional groups attached to an aromatic ring is 1. The third-order valence-corrected chi connectivity index (χ3v) is 5.21. The molecule has 2 N–H and O–H groups in total. The van der Waals surface area contributed by atoms with Crippen molar-refractivity contribution >= 4 is 33.0 Å². The molecule has 0 unspecified atom stereocenters. The number of carbonyl (C=O) groups is 1. The van der Waals surface area contributed by atoms with Gasteiger partial charge < -0.3 is 10.5 Å². The van der Waals surface area contributed by atoms with E-state index in [1.165, 1.54) is 12.1 Å². The van der Waals surface area contributed by atoms with Gasteiger partial charge >= 0.3 is 5.97 Å². The van der Waals surface area contributed by atoms with Crippen LogP contribution in [0.25, 0.3) is 11.0 Å². The van der Waals surface area contributed by atoms with E-state index < -0.39 is 26.8 Å². The van der Waals surface area contributed by atoms with E-state index in [2.05, 4.69) is 4.98 Å². The van der Waals surface area contributed by atoms with Crippen molar-refractivity contribution in [1.29, 1.82) is 0 Å². The standard InChI is InChI=1S/C15H21N3O4S/c1-9(2)23(20,21)18-12-8-10(13(19)22-15(3,4)5)6-7-11(12)17-14(18)16/h6-9H,1-5H3,(H2,16,17). The van der Waals surface area contributed by atoms with Crippen LogP contribution in [-0.2, 0) is 14.8 Å². The van der Waals surface area contributed by atoms with E-state index in [4.69, 9.17) is 10.5 Å². The van der Waals surface area contributed by atoms with Crippen LogP contribution in [0, 0.1) is 0 Å². The first kappa shape index (κ1) is 17.3. The Morgan fingerprint density at radius 3 is 2.43 bits per heavy atom. The Hall–Kier alpha value is -2.09. The van der Waals surface area contributed by atoms with Crippen molar-refractivity contribution in [2.45, 2.75) is 45.5 Å². The third kappa shape index (κ3) is 3.31. The van der Waals surface area contributed by atoms with E-state index >= 15 is 0 Å². The molecule has 1 aromatic heterocycles. The van der Waals surface area contributed by atoms with E-state index in [-0.39, 0.29) is 17.0 Å². The molecule has 1 heterocycles. The highest BCUT2D eigenvalue weighted by molar-refractivity contribution is 7.90. The summed E-state index contributed by atoms with van der Waals surface area (Å²) in [5, 5.41) is -0.674. The van der Waals surface area contributed by atoms with Crippen LogP contribution in [0.3, 0.4) is 0 Å². The van der Waals surface area contributed by atoms with Crippen molar-refractivity contribution in [2.75, 3.05) is 5.73 Å². The zero-order valence-corrected chi connectivity index (χ0v) is 14.6. The summed E-state index contributed by atoms with van der Waals surface area (Å²) in [6, 6.07) is 4.53. The van der Waals surface area contributed by atoms with Gasteiger partial charge in [-0.15, -0.1) is 0 Å². The number of carbonyl (C=O) groups excluding carboxylic acids is 1.